The molecule has 0 heterocycles. The lowest BCUT2D eigenvalue weighted by Crippen LogP contribution is -2.11. The first kappa shape index (κ1) is 6.87. The normalized spacial score (nSPS) is 20.6. The maximum Gasteiger partial charge on any atom is 0.0861 e. The third-order valence-corrected chi connectivity index (χ3v) is 1.68. The largest absolute Gasteiger partial charge is 0.394 e. The van der Waals surface area contributed by atoms with Crippen LogP contribution in [-0.2, 0) is 0 Å². The highest BCUT2D eigenvalue weighted by Crippen LogP contribution is 2.33. The zero-order valence-corrected chi connectivity index (χ0v) is 5.90. The molecule has 1 unspecified atom stereocenters. The first-order chi connectivity index (χ1) is 4.38. The smallest absolute Gasteiger partial charge is 0.0861 e. The lowest BCUT2D eigenvalue weighted by molar-refractivity contribution is 0.256. The minimum Gasteiger partial charge on any atom is -0.394 e. The van der Waals surface area contributed by atoms with Gasteiger partial charge in [-0.3, -0.25) is 0 Å². The molecular formula is C6H9NOS. The van der Waals surface area contributed by atoms with E-state index in [0.29, 0.717) is 5.92 Å². The van der Waals surface area contributed by atoms with E-state index in [1.165, 1.54) is 12.8 Å². The summed E-state index contributed by atoms with van der Waals surface area (Å²) >= 11 is 4.41. The van der Waals surface area contributed by atoms with Gasteiger partial charge in [0.2, 0.25) is 0 Å². The molecule has 1 aliphatic carbocycles. The zero-order valence-electron chi connectivity index (χ0n) is 5.08. The van der Waals surface area contributed by atoms with Gasteiger partial charge in [0.25, 0.3) is 0 Å². The summed E-state index contributed by atoms with van der Waals surface area (Å²) in [5.41, 5.74) is 0. The van der Waals surface area contributed by atoms with Gasteiger partial charge < -0.3 is 5.11 Å². The Labute approximate surface area is 59.6 Å². The van der Waals surface area contributed by atoms with Gasteiger partial charge in [0.15, 0.2) is 0 Å². The van der Waals surface area contributed by atoms with Crippen molar-refractivity contribution in [1.29, 1.82) is 0 Å². The monoisotopic (exact) mass is 143 g/mol. The number of aliphatic imine (C=N–C) groups is 1. The van der Waals surface area contributed by atoms with Crippen molar-refractivity contribution in [2.75, 3.05) is 6.61 Å². The van der Waals surface area contributed by atoms with E-state index in [4.69, 9.17) is 5.11 Å². The van der Waals surface area contributed by atoms with Crippen molar-refractivity contribution in [3.63, 3.8) is 0 Å². The van der Waals surface area contributed by atoms with Crippen molar-refractivity contribution in [3.05, 3.63) is 0 Å². The lowest BCUT2D eigenvalue weighted by atomic mass is 10.2. The number of aliphatic hydroxyl groups excluding tert-OH is 1. The second-order valence-corrected chi connectivity index (χ2v) is 2.49. The third-order valence-electron chi connectivity index (χ3n) is 1.57. The Balaban J connectivity index is 2.37. The summed E-state index contributed by atoms with van der Waals surface area (Å²) in [4.78, 5) is 3.82. The molecule has 9 heavy (non-hydrogen) atoms. The number of nitrogens with zero attached hydrogens (tertiary/aromatic N) is 1. The van der Waals surface area contributed by atoms with Crippen LogP contribution < -0.4 is 0 Å². The number of rotatable bonds is 3. The molecule has 0 amide bonds. The number of thiocarbonyl (C=S) groups is 1. The van der Waals surface area contributed by atoms with Crippen LogP contribution in [0.5, 0.6) is 0 Å². The second-order valence-electron chi connectivity index (χ2n) is 2.31. The second kappa shape index (κ2) is 3.06. The summed E-state index contributed by atoms with van der Waals surface area (Å²) in [6, 6.07) is 0.0440. The Hall–Kier alpha value is -0.240. The molecule has 0 spiro atoms. The molecule has 0 aliphatic heterocycles. The highest BCUT2D eigenvalue weighted by molar-refractivity contribution is 7.78. The molecule has 0 aromatic rings. The molecule has 0 radical (unpaired) electrons. The molecule has 1 atom stereocenters. The van der Waals surface area contributed by atoms with E-state index < -0.39 is 0 Å². The summed E-state index contributed by atoms with van der Waals surface area (Å²) in [5.74, 6) is 0.588. The lowest BCUT2D eigenvalue weighted by Gasteiger charge is -2.01. The Bertz CT molecular complexity index is 138. The van der Waals surface area contributed by atoms with Crippen molar-refractivity contribution in [3.8, 4) is 0 Å². The van der Waals surface area contributed by atoms with E-state index in [0.717, 1.165) is 0 Å². The Morgan fingerprint density at radius 1 is 1.78 bits per heavy atom. The SMILES string of the molecule is OCC(N=C=S)C1CC1. The summed E-state index contributed by atoms with van der Waals surface area (Å²) in [7, 11) is 0. The van der Waals surface area contributed by atoms with Gasteiger partial charge in [-0.2, -0.15) is 0 Å². The van der Waals surface area contributed by atoms with Crippen LogP contribution in [0.4, 0.5) is 0 Å². The highest BCUT2D eigenvalue weighted by atomic mass is 32.1. The Kier molecular flexibility index (Phi) is 2.34. The standard InChI is InChI=1S/C6H9NOS/c8-3-6(7-4-9)5-1-2-5/h5-6,8H,1-3H2. The van der Waals surface area contributed by atoms with Crippen molar-refractivity contribution >= 4 is 17.4 Å². The number of isothiocyanates is 1. The molecule has 0 aromatic carbocycles. The van der Waals surface area contributed by atoms with Gasteiger partial charge in [0, 0.05) is 0 Å². The minimum atomic E-state index is 0.0440. The third kappa shape index (κ3) is 1.86. The fourth-order valence-electron chi connectivity index (χ4n) is 0.844. The van der Waals surface area contributed by atoms with E-state index in [-0.39, 0.29) is 12.6 Å². The average molecular weight is 143 g/mol. The van der Waals surface area contributed by atoms with Gasteiger partial charge in [0.1, 0.15) is 0 Å². The van der Waals surface area contributed by atoms with Gasteiger partial charge in [-0.15, -0.1) is 0 Å². The molecule has 1 saturated carbocycles. The maximum atomic E-state index is 8.69. The quantitative estimate of drug-likeness (QED) is 0.469. The molecule has 1 rings (SSSR count). The van der Waals surface area contributed by atoms with E-state index in [2.05, 4.69) is 22.4 Å². The average Bonchev–Trinajstić information content (AvgIpc) is 2.64. The zero-order chi connectivity index (χ0) is 6.69. The fraction of sp³-hybridized carbons (Fsp3) is 0.833. The molecule has 50 valence electrons. The summed E-state index contributed by atoms with van der Waals surface area (Å²) in [6.07, 6.45) is 2.37. The minimum absolute atomic E-state index is 0.0440. The van der Waals surface area contributed by atoms with Crippen LogP contribution in [0, 0.1) is 5.92 Å². The van der Waals surface area contributed by atoms with E-state index >= 15 is 0 Å². The highest BCUT2D eigenvalue weighted by Gasteiger charge is 2.30. The number of aliphatic hydroxyl groups is 1. The van der Waals surface area contributed by atoms with Crippen LogP contribution in [0.3, 0.4) is 0 Å². The molecule has 3 heteroatoms. The van der Waals surface area contributed by atoms with Crippen LogP contribution in [-0.4, -0.2) is 22.9 Å². The van der Waals surface area contributed by atoms with Crippen LogP contribution in [0.2, 0.25) is 0 Å². The Morgan fingerprint density at radius 2 is 2.44 bits per heavy atom. The van der Waals surface area contributed by atoms with Crippen LogP contribution in [0.15, 0.2) is 4.99 Å². The van der Waals surface area contributed by atoms with Crippen LogP contribution in [0.25, 0.3) is 0 Å². The van der Waals surface area contributed by atoms with Crippen molar-refractivity contribution in [1.82, 2.24) is 0 Å². The van der Waals surface area contributed by atoms with Gasteiger partial charge in [-0.25, -0.2) is 4.99 Å². The molecule has 1 aliphatic rings. The molecule has 1 fully saturated rings. The Morgan fingerprint density at radius 3 is 2.78 bits per heavy atom. The van der Waals surface area contributed by atoms with Crippen LogP contribution >= 0.6 is 12.2 Å². The summed E-state index contributed by atoms with van der Waals surface area (Å²) < 4.78 is 0. The van der Waals surface area contributed by atoms with Crippen molar-refractivity contribution < 1.29 is 5.11 Å². The molecule has 2 nitrogen and oxygen atoms in total. The molecule has 1 N–H and O–H groups in total. The molecular weight excluding hydrogens is 134 g/mol. The molecule has 0 aromatic heterocycles. The summed E-state index contributed by atoms with van der Waals surface area (Å²) in [5, 5.41) is 11.0. The van der Waals surface area contributed by atoms with Gasteiger partial charge >= 0.3 is 0 Å². The predicted molar refractivity (Wildman–Crippen MR) is 38.6 cm³/mol. The first-order valence-electron chi connectivity index (χ1n) is 3.06. The molecule has 0 saturated heterocycles. The molecule has 0 bridgehead atoms. The number of hydrogen-bond donors (Lipinski definition) is 1. The van der Waals surface area contributed by atoms with Crippen molar-refractivity contribution in [2.24, 2.45) is 10.9 Å². The fourth-order valence-corrected chi connectivity index (χ4v) is 0.979. The predicted octanol–water partition coefficient (Wildman–Crippen LogP) is 0.860. The number of hydrogen-bond acceptors (Lipinski definition) is 3. The van der Waals surface area contributed by atoms with Crippen LogP contribution in [0.1, 0.15) is 12.8 Å². The summed E-state index contributed by atoms with van der Waals surface area (Å²) in [6.45, 7) is 0.119. The van der Waals surface area contributed by atoms with E-state index in [9.17, 15) is 0 Å². The first-order valence-corrected chi connectivity index (χ1v) is 3.47. The van der Waals surface area contributed by atoms with E-state index in [1.54, 1.807) is 0 Å². The van der Waals surface area contributed by atoms with E-state index in [1.807, 2.05) is 0 Å². The maximum absolute atomic E-state index is 8.69. The topological polar surface area (TPSA) is 32.6 Å². The van der Waals surface area contributed by atoms with Gasteiger partial charge in [-0.1, -0.05) is 0 Å². The van der Waals surface area contributed by atoms with Crippen molar-refractivity contribution in [2.45, 2.75) is 18.9 Å². The van der Waals surface area contributed by atoms with Gasteiger partial charge in [-0.05, 0) is 31.0 Å². The van der Waals surface area contributed by atoms with Gasteiger partial charge in [0.05, 0.1) is 17.8 Å².